The summed E-state index contributed by atoms with van der Waals surface area (Å²) in [6, 6.07) is 9.56. The number of nitrogens with one attached hydrogen (secondary N) is 1. The molecule has 1 fully saturated rings. The minimum absolute atomic E-state index is 0.0698. The van der Waals surface area contributed by atoms with Crippen molar-refractivity contribution in [2.45, 2.75) is 19.4 Å². The number of morpholine rings is 1. The summed E-state index contributed by atoms with van der Waals surface area (Å²) in [7, 11) is 0. The molecule has 1 saturated heterocycles. The van der Waals surface area contributed by atoms with E-state index in [4.69, 9.17) is 4.74 Å². The van der Waals surface area contributed by atoms with E-state index in [2.05, 4.69) is 17.1 Å². The van der Waals surface area contributed by atoms with Crippen LogP contribution in [0, 0.1) is 0 Å². The zero-order valence-corrected chi connectivity index (χ0v) is 10.8. The highest BCUT2D eigenvalue weighted by atomic mass is 16.5. The van der Waals surface area contributed by atoms with Crippen LogP contribution in [-0.2, 0) is 9.53 Å². The maximum absolute atomic E-state index is 11.8. The first-order chi connectivity index (χ1) is 8.74. The van der Waals surface area contributed by atoms with Gasteiger partial charge in [-0.15, -0.1) is 0 Å². The Morgan fingerprint density at radius 2 is 2.22 bits per heavy atom. The number of amides is 1. The van der Waals surface area contributed by atoms with E-state index in [9.17, 15) is 4.79 Å². The van der Waals surface area contributed by atoms with Crippen molar-refractivity contribution >= 4 is 11.6 Å². The Labute approximate surface area is 108 Å². The highest BCUT2D eigenvalue weighted by Gasteiger charge is 2.16. The molecule has 1 atom stereocenters. The molecule has 0 bridgehead atoms. The Balaban J connectivity index is 1.71. The summed E-state index contributed by atoms with van der Waals surface area (Å²) in [4.78, 5) is 14.0. The third-order valence-electron chi connectivity index (χ3n) is 3.04. The third-order valence-corrected chi connectivity index (χ3v) is 3.04. The van der Waals surface area contributed by atoms with Crippen LogP contribution in [0.1, 0.15) is 13.3 Å². The molecule has 1 amide bonds. The van der Waals surface area contributed by atoms with Crippen LogP contribution in [-0.4, -0.2) is 43.2 Å². The lowest BCUT2D eigenvalue weighted by Crippen LogP contribution is -2.42. The van der Waals surface area contributed by atoms with Crippen LogP contribution < -0.4 is 5.32 Å². The minimum atomic E-state index is 0.0698. The smallest absolute Gasteiger partial charge is 0.225 e. The molecule has 0 spiro atoms. The lowest BCUT2D eigenvalue weighted by atomic mass is 10.2. The van der Waals surface area contributed by atoms with Crippen LogP contribution in [0.15, 0.2) is 30.3 Å². The molecule has 1 aliphatic heterocycles. The first-order valence-electron chi connectivity index (χ1n) is 6.43. The summed E-state index contributed by atoms with van der Waals surface area (Å²) < 4.78 is 5.47. The fourth-order valence-electron chi connectivity index (χ4n) is 2.10. The topological polar surface area (TPSA) is 41.6 Å². The molecule has 1 heterocycles. The fraction of sp³-hybridized carbons (Fsp3) is 0.500. The minimum Gasteiger partial charge on any atom is -0.376 e. The second-order valence-electron chi connectivity index (χ2n) is 4.65. The van der Waals surface area contributed by atoms with Crippen molar-refractivity contribution in [2.24, 2.45) is 0 Å². The summed E-state index contributed by atoms with van der Waals surface area (Å²) in [5, 5.41) is 2.90. The second-order valence-corrected chi connectivity index (χ2v) is 4.65. The fourth-order valence-corrected chi connectivity index (χ4v) is 2.10. The largest absolute Gasteiger partial charge is 0.376 e. The molecule has 0 saturated carbocycles. The number of para-hydroxylation sites is 1. The zero-order chi connectivity index (χ0) is 12.8. The highest BCUT2D eigenvalue weighted by Crippen LogP contribution is 2.07. The molecule has 18 heavy (non-hydrogen) atoms. The van der Waals surface area contributed by atoms with Crippen molar-refractivity contribution in [2.75, 3.05) is 31.6 Å². The summed E-state index contributed by atoms with van der Waals surface area (Å²) in [5.74, 6) is 0.0698. The van der Waals surface area contributed by atoms with Crippen molar-refractivity contribution in [3.63, 3.8) is 0 Å². The Bertz CT molecular complexity index is 381. The van der Waals surface area contributed by atoms with Gasteiger partial charge < -0.3 is 10.1 Å². The van der Waals surface area contributed by atoms with Gasteiger partial charge in [0, 0.05) is 31.7 Å². The SMILES string of the molecule is CC1CN(CCC(=O)Nc2ccccc2)CCO1. The normalized spacial score (nSPS) is 20.6. The Hall–Kier alpha value is -1.39. The van der Waals surface area contributed by atoms with Crippen molar-refractivity contribution in [1.82, 2.24) is 4.90 Å². The van der Waals surface area contributed by atoms with Crippen molar-refractivity contribution < 1.29 is 9.53 Å². The van der Waals surface area contributed by atoms with E-state index in [-0.39, 0.29) is 12.0 Å². The summed E-state index contributed by atoms with van der Waals surface area (Å²) >= 11 is 0. The molecule has 0 aliphatic carbocycles. The van der Waals surface area contributed by atoms with E-state index in [1.165, 1.54) is 0 Å². The molecule has 4 heteroatoms. The molecular formula is C14H20N2O2. The van der Waals surface area contributed by atoms with Crippen LogP contribution in [0.2, 0.25) is 0 Å². The van der Waals surface area contributed by atoms with Gasteiger partial charge in [-0.3, -0.25) is 9.69 Å². The summed E-state index contributed by atoms with van der Waals surface area (Å²) in [6.45, 7) is 5.46. The van der Waals surface area contributed by atoms with Gasteiger partial charge in [0.25, 0.3) is 0 Å². The molecule has 98 valence electrons. The summed E-state index contributed by atoms with van der Waals surface area (Å²) in [6.07, 6.45) is 0.803. The van der Waals surface area contributed by atoms with Gasteiger partial charge in [0.2, 0.25) is 5.91 Å². The Kier molecular flexibility index (Phi) is 4.73. The lowest BCUT2D eigenvalue weighted by Gasteiger charge is -2.30. The van der Waals surface area contributed by atoms with E-state index in [1.54, 1.807) is 0 Å². The van der Waals surface area contributed by atoms with Gasteiger partial charge in [0.1, 0.15) is 0 Å². The Morgan fingerprint density at radius 3 is 2.94 bits per heavy atom. The number of carbonyl (C=O) groups excluding carboxylic acids is 1. The molecule has 1 aromatic carbocycles. The van der Waals surface area contributed by atoms with E-state index < -0.39 is 0 Å². The number of hydrogen-bond acceptors (Lipinski definition) is 3. The number of hydrogen-bond donors (Lipinski definition) is 1. The second kappa shape index (κ2) is 6.52. The first kappa shape index (κ1) is 13.1. The quantitative estimate of drug-likeness (QED) is 0.882. The van der Waals surface area contributed by atoms with Crippen LogP contribution in [0.5, 0.6) is 0 Å². The molecule has 1 aromatic rings. The predicted octanol–water partition coefficient (Wildman–Crippen LogP) is 1.74. The van der Waals surface area contributed by atoms with E-state index in [0.717, 1.165) is 31.9 Å². The number of ether oxygens (including phenoxy) is 1. The van der Waals surface area contributed by atoms with E-state index >= 15 is 0 Å². The monoisotopic (exact) mass is 248 g/mol. The standard InChI is InChI=1S/C14H20N2O2/c1-12-11-16(9-10-18-12)8-7-14(17)15-13-5-3-2-4-6-13/h2-6,12H,7-11H2,1H3,(H,15,17). The highest BCUT2D eigenvalue weighted by molar-refractivity contribution is 5.90. The van der Waals surface area contributed by atoms with Gasteiger partial charge >= 0.3 is 0 Å². The van der Waals surface area contributed by atoms with Crippen LogP contribution >= 0.6 is 0 Å². The molecule has 4 nitrogen and oxygen atoms in total. The average molecular weight is 248 g/mol. The maximum Gasteiger partial charge on any atom is 0.225 e. The number of nitrogens with zero attached hydrogens (tertiary/aromatic N) is 1. The van der Waals surface area contributed by atoms with E-state index in [0.29, 0.717) is 6.42 Å². The van der Waals surface area contributed by atoms with Crippen LogP contribution in [0.3, 0.4) is 0 Å². The number of rotatable bonds is 4. The third kappa shape index (κ3) is 4.13. The van der Waals surface area contributed by atoms with Crippen LogP contribution in [0.4, 0.5) is 5.69 Å². The van der Waals surface area contributed by atoms with Crippen molar-refractivity contribution in [3.05, 3.63) is 30.3 Å². The molecule has 0 aromatic heterocycles. The summed E-state index contributed by atoms with van der Waals surface area (Å²) in [5.41, 5.74) is 0.859. The predicted molar refractivity (Wildman–Crippen MR) is 71.5 cm³/mol. The zero-order valence-electron chi connectivity index (χ0n) is 10.8. The van der Waals surface area contributed by atoms with Gasteiger partial charge in [-0.05, 0) is 19.1 Å². The van der Waals surface area contributed by atoms with Crippen molar-refractivity contribution in [3.8, 4) is 0 Å². The number of anilines is 1. The molecule has 1 aliphatic rings. The average Bonchev–Trinajstić information content (AvgIpc) is 2.38. The number of carbonyl (C=O) groups is 1. The van der Waals surface area contributed by atoms with Crippen LogP contribution in [0.25, 0.3) is 0 Å². The van der Waals surface area contributed by atoms with Crippen molar-refractivity contribution in [1.29, 1.82) is 0 Å². The van der Waals surface area contributed by atoms with Gasteiger partial charge in [0.15, 0.2) is 0 Å². The number of benzene rings is 1. The molecule has 1 N–H and O–H groups in total. The van der Waals surface area contributed by atoms with Gasteiger partial charge in [-0.2, -0.15) is 0 Å². The van der Waals surface area contributed by atoms with E-state index in [1.807, 2.05) is 30.3 Å². The molecule has 1 unspecified atom stereocenters. The lowest BCUT2D eigenvalue weighted by molar-refractivity contribution is -0.117. The Morgan fingerprint density at radius 1 is 1.44 bits per heavy atom. The van der Waals surface area contributed by atoms with Gasteiger partial charge in [-0.1, -0.05) is 18.2 Å². The van der Waals surface area contributed by atoms with Gasteiger partial charge in [0.05, 0.1) is 12.7 Å². The molecule has 2 rings (SSSR count). The molecule has 0 radical (unpaired) electrons. The van der Waals surface area contributed by atoms with Gasteiger partial charge in [-0.25, -0.2) is 0 Å². The maximum atomic E-state index is 11.8. The molecular weight excluding hydrogens is 228 g/mol. The first-order valence-corrected chi connectivity index (χ1v) is 6.43.